The molecule has 0 aromatic rings. The number of carbonyl (C=O) groups excluding carboxylic acids is 2. The SMILES string of the molecule is O=C1CCSC(=O)N1CCCCS. The van der Waals surface area contributed by atoms with Gasteiger partial charge in [-0.2, -0.15) is 12.6 Å². The van der Waals surface area contributed by atoms with Crippen LogP contribution in [0.1, 0.15) is 19.3 Å². The number of nitrogens with zero attached hydrogens (tertiary/aromatic N) is 1. The predicted octanol–water partition coefficient (Wildman–Crippen LogP) is 1.78. The zero-order valence-corrected chi connectivity index (χ0v) is 9.07. The van der Waals surface area contributed by atoms with Gasteiger partial charge in [-0.3, -0.25) is 14.5 Å². The van der Waals surface area contributed by atoms with Crippen molar-refractivity contribution < 1.29 is 9.59 Å². The van der Waals surface area contributed by atoms with E-state index in [1.807, 2.05) is 0 Å². The fourth-order valence-corrected chi connectivity index (χ4v) is 2.16. The van der Waals surface area contributed by atoms with E-state index in [9.17, 15) is 9.59 Å². The van der Waals surface area contributed by atoms with Crippen LogP contribution in [-0.2, 0) is 4.79 Å². The van der Waals surface area contributed by atoms with Crippen LogP contribution in [0.5, 0.6) is 0 Å². The lowest BCUT2D eigenvalue weighted by Crippen LogP contribution is -2.38. The summed E-state index contributed by atoms with van der Waals surface area (Å²) in [7, 11) is 0. The van der Waals surface area contributed by atoms with E-state index in [2.05, 4.69) is 12.6 Å². The maximum Gasteiger partial charge on any atom is 0.288 e. The van der Waals surface area contributed by atoms with Crippen molar-refractivity contribution in [3.05, 3.63) is 0 Å². The Morgan fingerprint density at radius 1 is 1.38 bits per heavy atom. The Bertz CT molecular complexity index is 192. The number of rotatable bonds is 4. The van der Waals surface area contributed by atoms with Crippen LogP contribution in [0.15, 0.2) is 0 Å². The van der Waals surface area contributed by atoms with Gasteiger partial charge in [-0.1, -0.05) is 11.8 Å². The Morgan fingerprint density at radius 3 is 2.77 bits per heavy atom. The fourth-order valence-electron chi connectivity index (χ4n) is 1.14. The molecule has 0 aliphatic carbocycles. The van der Waals surface area contributed by atoms with Crippen LogP contribution in [0, 0.1) is 0 Å². The number of hydrogen-bond donors (Lipinski definition) is 1. The molecule has 1 saturated heterocycles. The summed E-state index contributed by atoms with van der Waals surface area (Å²) in [5.41, 5.74) is 0. The summed E-state index contributed by atoms with van der Waals surface area (Å²) < 4.78 is 0. The molecule has 0 N–H and O–H groups in total. The Labute approximate surface area is 87.6 Å². The third-order valence-electron chi connectivity index (χ3n) is 1.85. The first kappa shape index (κ1) is 10.9. The third-order valence-corrected chi connectivity index (χ3v) is 3.04. The molecule has 0 unspecified atom stereocenters. The number of carbonyl (C=O) groups is 2. The van der Waals surface area contributed by atoms with Crippen molar-refractivity contribution in [1.29, 1.82) is 0 Å². The van der Waals surface area contributed by atoms with Gasteiger partial charge >= 0.3 is 0 Å². The van der Waals surface area contributed by atoms with Crippen molar-refractivity contribution >= 4 is 35.5 Å². The van der Waals surface area contributed by atoms with Crippen LogP contribution in [0.3, 0.4) is 0 Å². The van der Waals surface area contributed by atoms with Crippen LogP contribution in [0.4, 0.5) is 4.79 Å². The highest BCUT2D eigenvalue weighted by Gasteiger charge is 2.25. The number of imide groups is 1. The van der Waals surface area contributed by atoms with Gasteiger partial charge in [0.15, 0.2) is 0 Å². The van der Waals surface area contributed by atoms with Gasteiger partial charge in [0.25, 0.3) is 5.24 Å². The lowest BCUT2D eigenvalue weighted by atomic mass is 10.3. The number of unbranched alkanes of at least 4 members (excludes halogenated alkanes) is 1. The van der Waals surface area contributed by atoms with Gasteiger partial charge in [0.2, 0.25) is 5.91 Å². The van der Waals surface area contributed by atoms with Crippen LogP contribution >= 0.6 is 24.4 Å². The quantitative estimate of drug-likeness (QED) is 0.578. The van der Waals surface area contributed by atoms with Crippen molar-refractivity contribution in [3.8, 4) is 0 Å². The zero-order chi connectivity index (χ0) is 9.68. The van der Waals surface area contributed by atoms with Crippen molar-refractivity contribution in [1.82, 2.24) is 4.90 Å². The molecule has 1 heterocycles. The van der Waals surface area contributed by atoms with Gasteiger partial charge in [-0.05, 0) is 18.6 Å². The molecule has 0 aromatic heterocycles. The van der Waals surface area contributed by atoms with E-state index in [0.717, 1.165) is 18.6 Å². The molecule has 1 fully saturated rings. The Morgan fingerprint density at radius 2 is 2.15 bits per heavy atom. The Kier molecular flexibility index (Phi) is 4.66. The molecule has 5 heteroatoms. The van der Waals surface area contributed by atoms with Crippen molar-refractivity contribution in [3.63, 3.8) is 0 Å². The summed E-state index contributed by atoms with van der Waals surface area (Å²) in [4.78, 5) is 23.9. The van der Waals surface area contributed by atoms with Crippen LogP contribution < -0.4 is 0 Å². The van der Waals surface area contributed by atoms with E-state index in [-0.39, 0.29) is 11.1 Å². The van der Waals surface area contributed by atoms with Crippen LogP contribution in [0.25, 0.3) is 0 Å². The molecule has 0 bridgehead atoms. The number of amides is 2. The summed E-state index contributed by atoms with van der Waals surface area (Å²) in [6.07, 6.45) is 2.31. The smallest absolute Gasteiger partial charge is 0.274 e. The largest absolute Gasteiger partial charge is 0.288 e. The molecule has 1 aliphatic heterocycles. The predicted molar refractivity (Wildman–Crippen MR) is 57.3 cm³/mol. The molecule has 0 aromatic carbocycles. The van der Waals surface area contributed by atoms with Crippen LogP contribution in [-0.4, -0.2) is 34.1 Å². The topological polar surface area (TPSA) is 37.4 Å². The maximum absolute atomic E-state index is 11.3. The minimum absolute atomic E-state index is 0.0251. The summed E-state index contributed by atoms with van der Waals surface area (Å²) >= 11 is 5.30. The lowest BCUT2D eigenvalue weighted by Gasteiger charge is -2.23. The van der Waals surface area contributed by atoms with Gasteiger partial charge < -0.3 is 0 Å². The third kappa shape index (κ3) is 3.23. The first-order chi connectivity index (χ1) is 6.25. The second-order valence-electron chi connectivity index (χ2n) is 2.84. The molecular formula is C8H13NO2S2. The molecule has 0 saturated carbocycles. The van der Waals surface area contributed by atoms with Crippen LogP contribution in [0.2, 0.25) is 0 Å². The number of thioether (sulfide) groups is 1. The minimum Gasteiger partial charge on any atom is -0.274 e. The van der Waals surface area contributed by atoms with Gasteiger partial charge in [0.05, 0.1) is 0 Å². The molecule has 2 amide bonds. The molecule has 1 aliphatic rings. The second-order valence-corrected chi connectivity index (χ2v) is 4.33. The zero-order valence-electron chi connectivity index (χ0n) is 7.36. The first-order valence-electron chi connectivity index (χ1n) is 4.33. The number of hydrogen-bond acceptors (Lipinski definition) is 4. The van der Waals surface area contributed by atoms with E-state index in [1.54, 1.807) is 0 Å². The van der Waals surface area contributed by atoms with Gasteiger partial charge in [0, 0.05) is 18.7 Å². The molecule has 3 nitrogen and oxygen atoms in total. The monoisotopic (exact) mass is 219 g/mol. The summed E-state index contributed by atoms with van der Waals surface area (Å²) in [6, 6.07) is 0. The van der Waals surface area contributed by atoms with E-state index in [1.165, 1.54) is 16.7 Å². The first-order valence-corrected chi connectivity index (χ1v) is 5.95. The average molecular weight is 219 g/mol. The highest BCUT2D eigenvalue weighted by Crippen LogP contribution is 2.18. The van der Waals surface area contributed by atoms with Crippen molar-refractivity contribution in [2.75, 3.05) is 18.1 Å². The van der Waals surface area contributed by atoms with Gasteiger partial charge in [-0.15, -0.1) is 0 Å². The standard InChI is InChI=1S/C8H13NO2S2/c10-7-3-6-13-8(11)9(7)4-1-2-5-12/h12H,1-6H2. The highest BCUT2D eigenvalue weighted by atomic mass is 32.2. The normalized spacial score (nSPS) is 18.1. The van der Waals surface area contributed by atoms with E-state index < -0.39 is 0 Å². The lowest BCUT2D eigenvalue weighted by molar-refractivity contribution is -0.127. The molecule has 0 spiro atoms. The van der Waals surface area contributed by atoms with Gasteiger partial charge in [0.1, 0.15) is 0 Å². The van der Waals surface area contributed by atoms with Crippen molar-refractivity contribution in [2.45, 2.75) is 19.3 Å². The number of thiol groups is 1. The summed E-state index contributed by atoms with van der Waals surface area (Å²) in [5, 5.41) is -0.0876. The molecule has 1 rings (SSSR count). The highest BCUT2D eigenvalue weighted by molar-refractivity contribution is 8.13. The van der Waals surface area contributed by atoms with E-state index in [0.29, 0.717) is 18.7 Å². The molecule has 13 heavy (non-hydrogen) atoms. The second kappa shape index (κ2) is 5.54. The maximum atomic E-state index is 11.3. The molecule has 0 radical (unpaired) electrons. The molecule has 74 valence electrons. The Hall–Kier alpha value is -0.160. The Balaban J connectivity index is 2.35. The van der Waals surface area contributed by atoms with Crippen molar-refractivity contribution in [2.24, 2.45) is 0 Å². The van der Waals surface area contributed by atoms with E-state index in [4.69, 9.17) is 0 Å². The fraction of sp³-hybridized carbons (Fsp3) is 0.750. The van der Waals surface area contributed by atoms with E-state index >= 15 is 0 Å². The minimum atomic E-state index is -0.0876. The molecule has 0 atom stereocenters. The molecular weight excluding hydrogens is 206 g/mol. The average Bonchev–Trinajstić information content (AvgIpc) is 2.10. The summed E-state index contributed by atoms with van der Waals surface area (Å²) in [5.74, 6) is 1.42. The van der Waals surface area contributed by atoms with Gasteiger partial charge in [-0.25, -0.2) is 0 Å². The summed E-state index contributed by atoms with van der Waals surface area (Å²) in [6.45, 7) is 0.561.